The Kier molecular flexibility index (Phi) is 10.3. The maximum Gasteiger partial charge on any atom is 0.339 e. The molecule has 0 unspecified atom stereocenters. The summed E-state index contributed by atoms with van der Waals surface area (Å²) in [7, 11) is 0. The highest BCUT2D eigenvalue weighted by Crippen LogP contribution is 2.22. The number of ether oxygens (including phenoxy) is 1. The van der Waals surface area contributed by atoms with Gasteiger partial charge in [-0.3, -0.25) is 0 Å². The first-order valence-corrected chi connectivity index (χ1v) is 9.31. The van der Waals surface area contributed by atoms with E-state index in [9.17, 15) is 4.79 Å². The quantitative estimate of drug-likeness (QED) is 0.499. The first kappa shape index (κ1) is 22.4. The smallest absolute Gasteiger partial charge is 0.339 e. The van der Waals surface area contributed by atoms with Gasteiger partial charge in [0.25, 0.3) is 0 Å². The lowest BCUT2D eigenvalue weighted by Crippen LogP contribution is -1.95. The molecule has 142 valence electrons. The van der Waals surface area contributed by atoms with Crippen LogP contribution in [0.3, 0.4) is 0 Å². The molecule has 0 atom stereocenters. The molecule has 1 fully saturated rings. The molecule has 8 heteroatoms. The number of aromatic hydroxyl groups is 2. The van der Waals surface area contributed by atoms with Crippen LogP contribution < -0.4 is 0 Å². The molecule has 0 saturated carbocycles. The van der Waals surface area contributed by atoms with Crippen molar-refractivity contribution in [3.05, 3.63) is 56.5 Å². The van der Waals surface area contributed by atoms with Crippen LogP contribution in [0.2, 0.25) is 0 Å². The van der Waals surface area contributed by atoms with E-state index in [1.165, 1.54) is 25.0 Å². The third-order valence-corrected chi connectivity index (χ3v) is 4.22. The lowest BCUT2D eigenvalue weighted by Gasteiger charge is -1.99. The van der Waals surface area contributed by atoms with Crippen LogP contribution in [0, 0.1) is 0 Å². The van der Waals surface area contributed by atoms with Gasteiger partial charge < -0.3 is 25.2 Å². The standard InChI is InChI=1S/C7H5BrO3.C7H7BrO2.C4H8O/c8-4-1-2-5(7(10)11)6(9)3-4;8-6-2-1-5(4-9)7(10)3-6;1-2-4-5-3-1/h1-3,9H,(H,10,11);1-3,9-10H,4H2;1-4H2. The van der Waals surface area contributed by atoms with Gasteiger partial charge in [0.2, 0.25) is 0 Å². The van der Waals surface area contributed by atoms with E-state index in [0.29, 0.717) is 10.0 Å². The van der Waals surface area contributed by atoms with Crippen LogP contribution in [0.15, 0.2) is 45.3 Å². The van der Waals surface area contributed by atoms with Crippen LogP contribution in [0.25, 0.3) is 0 Å². The Labute approximate surface area is 168 Å². The third kappa shape index (κ3) is 8.18. The van der Waals surface area contributed by atoms with Gasteiger partial charge in [0.1, 0.15) is 17.1 Å². The van der Waals surface area contributed by atoms with Crippen molar-refractivity contribution >= 4 is 37.8 Å². The Balaban J connectivity index is 0.000000208. The van der Waals surface area contributed by atoms with E-state index in [1.54, 1.807) is 24.3 Å². The van der Waals surface area contributed by atoms with Crippen molar-refractivity contribution in [2.24, 2.45) is 0 Å². The van der Waals surface area contributed by atoms with Crippen molar-refractivity contribution in [3.8, 4) is 11.5 Å². The maximum absolute atomic E-state index is 10.4. The fourth-order valence-corrected chi connectivity index (χ4v) is 2.56. The molecule has 1 heterocycles. The fourth-order valence-electron chi connectivity index (χ4n) is 1.87. The zero-order valence-electron chi connectivity index (χ0n) is 13.9. The Morgan fingerprint density at radius 3 is 1.88 bits per heavy atom. The van der Waals surface area contributed by atoms with Gasteiger partial charge >= 0.3 is 5.97 Å². The van der Waals surface area contributed by atoms with Gasteiger partial charge in [-0.25, -0.2) is 4.79 Å². The molecule has 26 heavy (non-hydrogen) atoms. The summed E-state index contributed by atoms with van der Waals surface area (Å²) in [6.45, 7) is 1.87. The van der Waals surface area contributed by atoms with E-state index in [4.69, 9.17) is 25.2 Å². The van der Waals surface area contributed by atoms with Crippen molar-refractivity contribution in [1.29, 1.82) is 0 Å². The number of phenols is 2. The Morgan fingerprint density at radius 2 is 1.50 bits per heavy atom. The molecular formula is C18H20Br2O6. The number of hydrogen-bond donors (Lipinski definition) is 4. The van der Waals surface area contributed by atoms with Gasteiger partial charge in [-0.15, -0.1) is 0 Å². The molecule has 2 aromatic rings. The normalized spacial score (nSPS) is 12.4. The number of aromatic carboxylic acids is 1. The molecule has 1 saturated heterocycles. The molecule has 0 radical (unpaired) electrons. The van der Waals surface area contributed by atoms with Gasteiger partial charge in [0.15, 0.2) is 0 Å². The molecule has 1 aliphatic rings. The summed E-state index contributed by atoms with van der Waals surface area (Å²) >= 11 is 6.28. The fraction of sp³-hybridized carbons (Fsp3) is 0.278. The van der Waals surface area contributed by atoms with E-state index in [2.05, 4.69) is 31.9 Å². The molecule has 3 rings (SSSR count). The zero-order valence-corrected chi connectivity index (χ0v) is 17.0. The Morgan fingerprint density at radius 1 is 0.962 bits per heavy atom. The molecule has 0 aliphatic carbocycles. The van der Waals surface area contributed by atoms with Crippen molar-refractivity contribution < 1.29 is 30.0 Å². The minimum Gasteiger partial charge on any atom is -0.508 e. The Hall–Kier alpha value is -1.61. The molecule has 0 amide bonds. The van der Waals surface area contributed by atoms with Crippen molar-refractivity contribution in [1.82, 2.24) is 0 Å². The van der Waals surface area contributed by atoms with Crippen LogP contribution in [0.1, 0.15) is 28.8 Å². The highest BCUT2D eigenvalue weighted by atomic mass is 79.9. The predicted octanol–water partition coefficient (Wildman–Crippen LogP) is 4.30. The van der Waals surface area contributed by atoms with Gasteiger partial charge in [-0.1, -0.05) is 37.9 Å². The number of hydrogen-bond acceptors (Lipinski definition) is 5. The third-order valence-electron chi connectivity index (χ3n) is 3.24. The second-order valence-electron chi connectivity index (χ2n) is 5.22. The van der Waals surface area contributed by atoms with Crippen LogP contribution in [0.5, 0.6) is 11.5 Å². The second-order valence-corrected chi connectivity index (χ2v) is 7.05. The number of halogens is 2. The van der Waals surface area contributed by atoms with Gasteiger partial charge in [0.05, 0.1) is 6.61 Å². The Bertz CT molecular complexity index is 709. The summed E-state index contributed by atoms with van der Waals surface area (Å²) < 4.78 is 6.40. The monoisotopic (exact) mass is 490 g/mol. The molecule has 0 bridgehead atoms. The molecule has 4 N–H and O–H groups in total. The maximum atomic E-state index is 10.4. The minimum absolute atomic E-state index is 0.0896. The van der Waals surface area contributed by atoms with Gasteiger partial charge in [0, 0.05) is 27.7 Å². The predicted molar refractivity (Wildman–Crippen MR) is 105 cm³/mol. The van der Waals surface area contributed by atoms with E-state index < -0.39 is 5.97 Å². The highest BCUT2D eigenvalue weighted by Gasteiger charge is 2.07. The largest absolute Gasteiger partial charge is 0.508 e. The molecule has 1 aliphatic heterocycles. The van der Waals surface area contributed by atoms with Crippen molar-refractivity contribution in [2.45, 2.75) is 19.4 Å². The number of carboxylic acids is 1. The zero-order chi connectivity index (χ0) is 19.5. The molecule has 2 aromatic carbocycles. The van der Waals surface area contributed by atoms with E-state index in [-0.39, 0.29) is 23.7 Å². The highest BCUT2D eigenvalue weighted by molar-refractivity contribution is 9.10. The summed E-state index contributed by atoms with van der Waals surface area (Å²) in [6, 6.07) is 9.21. The van der Waals surface area contributed by atoms with Crippen molar-refractivity contribution in [2.75, 3.05) is 13.2 Å². The summed E-state index contributed by atoms with van der Waals surface area (Å²) in [6.07, 6.45) is 2.56. The first-order valence-electron chi connectivity index (χ1n) is 7.73. The molecule has 0 spiro atoms. The lowest BCUT2D eigenvalue weighted by molar-refractivity contribution is 0.0693. The number of aliphatic hydroxyl groups excluding tert-OH is 1. The summed E-state index contributed by atoms with van der Waals surface area (Å²) in [5.74, 6) is -1.24. The first-order chi connectivity index (χ1) is 12.3. The van der Waals surface area contributed by atoms with Gasteiger partial charge in [-0.05, 0) is 43.2 Å². The average Bonchev–Trinajstić information content (AvgIpc) is 3.15. The SMILES string of the molecule is C1CCOC1.O=C(O)c1ccc(Br)cc1O.OCc1ccc(Br)cc1O. The average molecular weight is 492 g/mol. The summed E-state index contributed by atoms with van der Waals surface area (Å²) in [5.41, 5.74) is 0.455. The van der Waals surface area contributed by atoms with E-state index in [1.807, 2.05) is 0 Å². The lowest BCUT2D eigenvalue weighted by atomic mass is 10.2. The number of rotatable bonds is 2. The van der Waals surface area contributed by atoms with E-state index in [0.717, 1.165) is 17.7 Å². The van der Waals surface area contributed by atoms with Crippen LogP contribution in [0.4, 0.5) is 0 Å². The molecule has 0 aromatic heterocycles. The number of carbonyl (C=O) groups is 1. The van der Waals surface area contributed by atoms with Crippen LogP contribution >= 0.6 is 31.9 Å². The molecule has 6 nitrogen and oxygen atoms in total. The summed E-state index contributed by atoms with van der Waals surface area (Å²) in [5, 5.41) is 35.3. The minimum atomic E-state index is -1.13. The topological polar surface area (TPSA) is 107 Å². The number of benzene rings is 2. The number of carboxylic acid groups (broad SMARTS) is 1. The summed E-state index contributed by atoms with van der Waals surface area (Å²) in [4.78, 5) is 10.4. The molecular weight excluding hydrogens is 472 g/mol. The van der Waals surface area contributed by atoms with Crippen LogP contribution in [-0.2, 0) is 11.3 Å². The van der Waals surface area contributed by atoms with Gasteiger partial charge in [-0.2, -0.15) is 0 Å². The van der Waals surface area contributed by atoms with Crippen molar-refractivity contribution in [3.63, 3.8) is 0 Å². The van der Waals surface area contributed by atoms with Crippen LogP contribution in [-0.4, -0.2) is 39.6 Å². The second kappa shape index (κ2) is 11.9. The van der Waals surface area contributed by atoms with E-state index >= 15 is 0 Å². The number of aliphatic hydroxyl groups is 1.